The zero-order chi connectivity index (χ0) is 43.6. The van der Waals surface area contributed by atoms with Crippen LogP contribution in [0.4, 0.5) is 11.4 Å². The van der Waals surface area contributed by atoms with Crippen LogP contribution < -0.4 is 33.7 Å². The summed E-state index contributed by atoms with van der Waals surface area (Å²) in [5.74, 6) is 3.01. The number of fused-ring (bicyclic) bond motifs is 4. The normalized spacial score (nSPS) is 17.2. The van der Waals surface area contributed by atoms with Gasteiger partial charge in [0.25, 0.3) is 11.8 Å². The van der Waals surface area contributed by atoms with Gasteiger partial charge in [0.1, 0.15) is 24.7 Å². The predicted molar refractivity (Wildman–Crippen MR) is 241 cm³/mol. The zero-order valence-corrected chi connectivity index (χ0v) is 35.7. The van der Waals surface area contributed by atoms with Gasteiger partial charge in [0.2, 0.25) is 0 Å². The molecule has 5 aromatic carbocycles. The zero-order valence-electron chi connectivity index (χ0n) is 35.7. The third-order valence-electron chi connectivity index (χ3n) is 11.6. The second-order valence-electron chi connectivity index (χ2n) is 15.6. The second-order valence-corrected chi connectivity index (χ2v) is 15.6. The molecule has 2 amide bonds. The number of hydrogen-bond acceptors (Lipinski definition) is 11. The minimum Gasteiger partial charge on any atom is -0.497 e. The van der Waals surface area contributed by atoms with Crippen LogP contribution in [0, 0.1) is 0 Å². The molecule has 2 atom stereocenters. The molecular weight excluding hydrogens is 799 g/mol. The molecule has 0 aromatic heterocycles. The third kappa shape index (κ3) is 8.22. The van der Waals surface area contributed by atoms with Crippen LogP contribution in [0.2, 0.25) is 0 Å². The fourth-order valence-corrected chi connectivity index (χ4v) is 8.39. The van der Waals surface area contributed by atoms with Gasteiger partial charge < -0.3 is 43.5 Å². The highest BCUT2D eigenvalue weighted by Crippen LogP contribution is 2.42. The maximum atomic E-state index is 13.9. The van der Waals surface area contributed by atoms with Gasteiger partial charge in [-0.25, -0.2) is 0 Å². The van der Waals surface area contributed by atoms with Crippen LogP contribution >= 0.6 is 0 Å². The van der Waals surface area contributed by atoms with Crippen molar-refractivity contribution in [3.63, 3.8) is 0 Å². The Balaban J connectivity index is 0.905. The average Bonchev–Trinajstić information content (AvgIpc) is 3.90. The topological polar surface area (TPSA) is 133 Å². The minimum atomic E-state index is -0.219. The van der Waals surface area contributed by atoms with E-state index in [1.807, 2.05) is 86.5 Å². The van der Waals surface area contributed by atoms with Gasteiger partial charge in [-0.15, -0.1) is 0 Å². The molecule has 0 aliphatic carbocycles. The molecule has 63 heavy (non-hydrogen) atoms. The fourth-order valence-electron chi connectivity index (χ4n) is 8.39. The monoisotopic (exact) mass is 845 g/mol. The highest BCUT2D eigenvalue weighted by Gasteiger charge is 2.35. The molecule has 0 bridgehead atoms. The van der Waals surface area contributed by atoms with Crippen LogP contribution in [-0.2, 0) is 19.8 Å². The van der Waals surface area contributed by atoms with Gasteiger partial charge in [-0.2, -0.15) is 0 Å². The van der Waals surface area contributed by atoms with Crippen molar-refractivity contribution in [2.24, 2.45) is 9.98 Å². The van der Waals surface area contributed by atoms with Crippen LogP contribution in [0.1, 0.15) is 61.4 Å². The molecule has 4 heterocycles. The summed E-state index contributed by atoms with van der Waals surface area (Å²) in [6.07, 6.45) is 8.74. The molecular formula is C50H47N5O8. The standard InChI is InChI=1S/C50H47N5O8/c1-51-23-30-14-31(28-62-47-21-43-41(19-45(47)60-4)49(56)54-26-35(17-37(54)24-52-43)33-6-10-39(58-2)11-7-33)16-32(15-30)29-63-48-22-44-42(20-46(48)61-5)50(57)55-27-36(18-38(55)25-53-44)34-8-12-40(59-3)13-9-34/h6-16,19-22,24-27,37-38,51H,17-18,23,28-29H2,1-5H3. The predicted octanol–water partition coefficient (Wildman–Crippen LogP) is 8.54. The molecule has 0 saturated carbocycles. The molecule has 9 rings (SSSR count). The Morgan fingerprint density at radius 1 is 0.556 bits per heavy atom. The third-order valence-corrected chi connectivity index (χ3v) is 11.6. The van der Waals surface area contributed by atoms with Gasteiger partial charge in [0.05, 0.1) is 63.0 Å². The van der Waals surface area contributed by atoms with E-state index >= 15 is 0 Å². The average molecular weight is 846 g/mol. The molecule has 13 nitrogen and oxygen atoms in total. The van der Waals surface area contributed by atoms with E-state index in [0.29, 0.717) is 64.9 Å². The molecule has 2 unspecified atom stereocenters. The highest BCUT2D eigenvalue weighted by molar-refractivity contribution is 6.06. The number of nitrogens with one attached hydrogen (secondary N) is 1. The van der Waals surface area contributed by atoms with Gasteiger partial charge in [0.15, 0.2) is 23.0 Å². The summed E-state index contributed by atoms with van der Waals surface area (Å²) in [4.78, 5) is 40.9. The number of hydrogen-bond donors (Lipinski definition) is 1. The molecule has 0 saturated heterocycles. The Labute approximate surface area is 365 Å². The smallest absolute Gasteiger partial charge is 0.260 e. The van der Waals surface area contributed by atoms with E-state index in [0.717, 1.165) is 50.5 Å². The Morgan fingerprint density at radius 3 is 1.38 bits per heavy atom. The second kappa shape index (κ2) is 17.5. The summed E-state index contributed by atoms with van der Waals surface area (Å²) in [6, 6.07) is 28.3. The van der Waals surface area contributed by atoms with Crippen LogP contribution in [0.5, 0.6) is 34.5 Å². The van der Waals surface area contributed by atoms with Crippen molar-refractivity contribution in [3.05, 3.63) is 142 Å². The molecule has 5 aromatic rings. The van der Waals surface area contributed by atoms with E-state index < -0.39 is 0 Å². The number of rotatable bonds is 14. The van der Waals surface area contributed by atoms with E-state index in [2.05, 4.69) is 17.4 Å². The number of methoxy groups -OCH3 is 4. The lowest BCUT2D eigenvalue weighted by Crippen LogP contribution is -2.32. The van der Waals surface area contributed by atoms with Crippen molar-refractivity contribution in [3.8, 4) is 34.5 Å². The van der Waals surface area contributed by atoms with Gasteiger partial charge >= 0.3 is 0 Å². The number of ether oxygens (including phenoxy) is 6. The molecule has 0 radical (unpaired) electrons. The fraction of sp³-hybridized carbons (Fsp3) is 0.240. The van der Waals surface area contributed by atoms with E-state index in [4.69, 9.17) is 38.4 Å². The summed E-state index contributed by atoms with van der Waals surface area (Å²) in [6.45, 7) is 1.05. The lowest BCUT2D eigenvalue weighted by molar-refractivity contribution is 0.0809. The Bertz CT molecular complexity index is 2530. The van der Waals surface area contributed by atoms with E-state index in [-0.39, 0.29) is 37.1 Å². The van der Waals surface area contributed by atoms with E-state index in [9.17, 15) is 9.59 Å². The van der Waals surface area contributed by atoms with Gasteiger partial charge in [-0.05, 0) is 88.5 Å². The van der Waals surface area contributed by atoms with Crippen molar-refractivity contribution in [2.75, 3.05) is 35.5 Å². The van der Waals surface area contributed by atoms with Gasteiger partial charge in [-0.1, -0.05) is 36.4 Å². The first-order chi connectivity index (χ1) is 30.7. The summed E-state index contributed by atoms with van der Waals surface area (Å²) in [5, 5.41) is 3.23. The first-order valence-electron chi connectivity index (χ1n) is 20.7. The largest absolute Gasteiger partial charge is 0.497 e. The summed E-state index contributed by atoms with van der Waals surface area (Å²) in [5.41, 5.74) is 8.88. The molecule has 320 valence electrons. The maximum absolute atomic E-state index is 13.9. The quantitative estimate of drug-likeness (QED) is 0.117. The molecule has 4 aliphatic rings. The van der Waals surface area contributed by atoms with Gasteiger partial charge in [-0.3, -0.25) is 19.6 Å². The highest BCUT2D eigenvalue weighted by atomic mass is 16.5. The number of carbonyl (C=O) groups is 2. The molecule has 1 N–H and O–H groups in total. The summed E-state index contributed by atoms with van der Waals surface area (Å²) < 4.78 is 34.9. The van der Waals surface area contributed by atoms with E-state index in [1.54, 1.807) is 62.5 Å². The van der Waals surface area contributed by atoms with Crippen molar-refractivity contribution in [2.45, 2.75) is 44.7 Å². The number of aliphatic imine (C=N–C) groups is 2. The Kier molecular flexibility index (Phi) is 11.4. The van der Waals surface area contributed by atoms with Crippen molar-refractivity contribution in [1.82, 2.24) is 15.1 Å². The van der Waals surface area contributed by atoms with Crippen molar-refractivity contribution < 1.29 is 38.0 Å². The minimum absolute atomic E-state index is 0.161. The first kappa shape index (κ1) is 41.0. The van der Waals surface area contributed by atoms with Crippen LogP contribution in [0.15, 0.2) is 113 Å². The summed E-state index contributed by atoms with van der Waals surface area (Å²) >= 11 is 0. The first-order valence-corrected chi connectivity index (χ1v) is 20.7. The number of carbonyl (C=O) groups excluding carboxylic acids is 2. The molecule has 13 heteroatoms. The number of amides is 2. The lowest BCUT2D eigenvalue weighted by Gasteiger charge is -2.19. The number of nitrogens with zero attached hydrogens (tertiary/aromatic N) is 4. The molecule has 4 aliphatic heterocycles. The Morgan fingerprint density at radius 2 is 0.984 bits per heavy atom. The van der Waals surface area contributed by atoms with Crippen LogP contribution in [0.25, 0.3) is 11.1 Å². The number of benzene rings is 5. The van der Waals surface area contributed by atoms with Crippen molar-refractivity contribution >= 4 is 46.8 Å². The molecule has 0 spiro atoms. The van der Waals surface area contributed by atoms with Crippen molar-refractivity contribution in [1.29, 1.82) is 0 Å². The summed E-state index contributed by atoms with van der Waals surface area (Å²) in [7, 11) is 8.28. The Hall–Kier alpha value is -7.38. The van der Waals surface area contributed by atoms with Gasteiger partial charge in [0, 0.05) is 56.3 Å². The maximum Gasteiger partial charge on any atom is 0.260 e. The lowest BCUT2D eigenvalue weighted by atomic mass is 10.0. The van der Waals surface area contributed by atoms with Crippen LogP contribution in [0.3, 0.4) is 0 Å². The molecule has 0 fully saturated rings. The SMILES string of the molecule is CNCc1cc(COc2cc3c(cc2OC)C(=O)N2C=C(c4ccc(OC)cc4)CC2C=N3)cc(COc2cc3c(cc2OC)C(=O)N2C=C(c4ccc(OC)cc4)CC2C=N3)c1. The van der Waals surface area contributed by atoms with E-state index in [1.165, 1.54) is 0 Å². The van der Waals surface area contributed by atoms with Crippen LogP contribution in [-0.4, -0.2) is 81.6 Å².